The van der Waals surface area contributed by atoms with E-state index in [0.29, 0.717) is 18.2 Å². The van der Waals surface area contributed by atoms with Gasteiger partial charge in [0.25, 0.3) is 5.91 Å². The van der Waals surface area contributed by atoms with E-state index in [9.17, 15) is 9.59 Å². The molecule has 0 radical (unpaired) electrons. The third-order valence-corrected chi connectivity index (χ3v) is 4.54. The fraction of sp³-hybridized carbons (Fsp3) is 0.389. The minimum absolute atomic E-state index is 0.203. The van der Waals surface area contributed by atoms with Crippen molar-refractivity contribution in [3.63, 3.8) is 0 Å². The zero-order valence-electron chi connectivity index (χ0n) is 14.4. The maximum Gasteiger partial charge on any atom is 0.271 e. The number of rotatable bonds is 6. The van der Waals surface area contributed by atoms with E-state index in [1.165, 1.54) is 16.9 Å². The van der Waals surface area contributed by atoms with Gasteiger partial charge in [0.2, 0.25) is 5.91 Å². The lowest BCUT2D eigenvalue weighted by Gasteiger charge is -2.12. The van der Waals surface area contributed by atoms with Crippen LogP contribution >= 0.6 is 11.3 Å². The van der Waals surface area contributed by atoms with Crippen molar-refractivity contribution in [2.24, 2.45) is 0 Å². The number of hydrogen-bond acceptors (Lipinski definition) is 4. The summed E-state index contributed by atoms with van der Waals surface area (Å²) in [6, 6.07) is 7.62. The van der Waals surface area contributed by atoms with Gasteiger partial charge >= 0.3 is 0 Å². The topological polar surface area (TPSA) is 71.1 Å². The molecular weight excluding hydrogens is 322 g/mol. The van der Waals surface area contributed by atoms with Gasteiger partial charge in [-0.2, -0.15) is 0 Å². The van der Waals surface area contributed by atoms with Crippen LogP contribution in [0.2, 0.25) is 0 Å². The Balaban J connectivity index is 2.07. The lowest BCUT2D eigenvalue weighted by Crippen LogP contribution is -2.44. The largest absolute Gasteiger partial charge is 0.355 e. The molecule has 1 heterocycles. The minimum Gasteiger partial charge on any atom is -0.355 e. The zero-order valence-corrected chi connectivity index (χ0v) is 15.2. The summed E-state index contributed by atoms with van der Waals surface area (Å²) in [6.45, 7) is 8.32. The first-order valence-electron chi connectivity index (χ1n) is 8.06. The molecular formula is C18H23N3O2S. The summed E-state index contributed by atoms with van der Waals surface area (Å²) in [5.74, 6) is -0.0620. The van der Waals surface area contributed by atoms with Gasteiger partial charge < -0.3 is 10.6 Å². The predicted octanol–water partition coefficient (Wildman–Crippen LogP) is 3.19. The van der Waals surface area contributed by atoms with Gasteiger partial charge in [0.1, 0.15) is 16.7 Å². The third-order valence-electron chi connectivity index (χ3n) is 3.65. The number of carbonyl (C=O) groups excluding carboxylic acids is 2. The second-order valence-corrected chi connectivity index (χ2v) is 6.76. The molecule has 1 aromatic heterocycles. The maximum atomic E-state index is 12.2. The molecule has 128 valence electrons. The highest BCUT2D eigenvalue weighted by molar-refractivity contribution is 7.13. The van der Waals surface area contributed by atoms with Crippen molar-refractivity contribution in [3.8, 4) is 10.6 Å². The second-order valence-electron chi connectivity index (χ2n) is 5.90. The molecule has 0 unspecified atom stereocenters. The van der Waals surface area contributed by atoms with Crippen LogP contribution in [0.3, 0.4) is 0 Å². The van der Waals surface area contributed by atoms with E-state index in [1.54, 1.807) is 12.3 Å². The Hall–Kier alpha value is -2.21. The molecule has 0 spiro atoms. The summed E-state index contributed by atoms with van der Waals surface area (Å²) < 4.78 is 0. The third kappa shape index (κ3) is 4.41. The van der Waals surface area contributed by atoms with Gasteiger partial charge in [-0.25, -0.2) is 4.98 Å². The van der Waals surface area contributed by atoms with Crippen LogP contribution in [0.4, 0.5) is 0 Å². The Labute approximate surface area is 146 Å². The molecule has 2 aromatic rings. The highest BCUT2D eigenvalue weighted by Crippen LogP contribution is 2.25. The van der Waals surface area contributed by atoms with Crippen LogP contribution in [-0.2, 0) is 4.79 Å². The van der Waals surface area contributed by atoms with Gasteiger partial charge in [-0.3, -0.25) is 9.59 Å². The summed E-state index contributed by atoms with van der Waals surface area (Å²) in [5.41, 5.74) is 2.59. The summed E-state index contributed by atoms with van der Waals surface area (Å²) >= 11 is 1.42. The van der Waals surface area contributed by atoms with E-state index in [1.807, 2.05) is 19.1 Å². The average Bonchev–Trinajstić information content (AvgIpc) is 3.05. The highest BCUT2D eigenvalue weighted by Gasteiger charge is 2.18. The Morgan fingerprint density at radius 2 is 1.83 bits per heavy atom. The first kappa shape index (κ1) is 18.1. The molecule has 1 aromatic carbocycles. The average molecular weight is 345 g/mol. The summed E-state index contributed by atoms with van der Waals surface area (Å²) in [5, 5.41) is 7.85. The predicted molar refractivity (Wildman–Crippen MR) is 97.3 cm³/mol. The standard InChI is InChI=1S/C18H23N3O2S/c1-5-19-16(22)12(4)20-17(23)15-10-24-18(21-15)14-8-6-13(7-9-14)11(2)3/h6-12H,5H2,1-4H3,(H,19,22)(H,20,23)/t12-/m0/s1. The van der Waals surface area contributed by atoms with Crippen molar-refractivity contribution in [1.29, 1.82) is 0 Å². The SMILES string of the molecule is CCNC(=O)[C@H](C)NC(=O)c1csc(-c2ccc(C(C)C)cc2)n1. The molecule has 0 saturated heterocycles. The van der Waals surface area contributed by atoms with Crippen molar-refractivity contribution in [2.75, 3.05) is 6.54 Å². The van der Waals surface area contributed by atoms with Crippen molar-refractivity contribution < 1.29 is 9.59 Å². The Bertz CT molecular complexity index is 707. The second kappa shape index (κ2) is 8.06. The molecule has 0 fully saturated rings. The summed E-state index contributed by atoms with van der Waals surface area (Å²) in [7, 11) is 0. The van der Waals surface area contributed by atoms with E-state index in [-0.39, 0.29) is 11.8 Å². The van der Waals surface area contributed by atoms with Gasteiger partial charge in [-0.15, -0.1) is 11.3 Å². The van der Waals surface area contributed by atoms with Gasteiger partial charge in [-0.05, 0) is 25.3 Å². The van der Waals surface area contributed by atoms with E-state index in [2.05, 4.69) is 41.6 Å². The number of likely N-dealkylation sites (N-methyl/N-ethyl adjacent to an activating group) is 1. The van der Waals surface area contributed by atoms with Gasteiger partial charge in [0, 0.05) is 17.5 Å². The minimum atomic E-state index is -0.590. The number of benzene rings is 1. The monoisotopic (exact) mass is 345 g/mol. The number of aromatic nitrogens is 1. The number of nitrogens with zero attached hydrogens (tertiary/aromatic N) is 1. The quantitative estimate of drug-likeness (QED) is 0.844. The first-order chi connectivity index (χ1) is 11.4. The van der Waals surface area contributed by atoms with E-state index in [0.717, 1.165) is 10.6 Å². The lowest BCUT2D eigenvalue weighted by molar-refractivity contribution is -0.122. The van der Waals surface area contributed by atoms with Crippen molar-refractivity contribution in [2.45, 2.75) is 39.7 Å². The van der Waals surface area contributed by atoms with Gasteiger partial charge in [0.05, 0.1) is 0 Å². The fourth-order valence-corrected chi connectivity index (χ4v) is 2.99. The molecule has 24 heavy (non-hydrogen) atoms. The van der Waals surface area contributed by atoms with Gasteiger partial charge in [0.15, 0.2) is 0 Å². The number of carbonyl (C=O) groups is 2. The molecule has 0 aliphatic carbocycles. The summed E-state index contributed by atoms with van der Waals surface area (Å²) in [6.07, 6.45) is 0. The highest BCUT2D eigenvalue weighted by atomic mass is 32.1. The molecule has 0 saturated carbocycles. The van der Waals surface area contributed by atoms with Crippen LogP contribution in [-0.4, -0.2) is 29.4 Å². The van der Waals surface area contributed by atoms with Crippen LogP contribution < -0.4 is 10.6 Å². The molecule has 2 amide bonds. The van der Waals surface area contributed by atoms with Crippen LogP contribution in [0.5, 0.6) is 0 Å². The maximum absolute atomic E-state index is 12.2. The zero-order chi connectivity index (χ0) is 17.7. The molecule has 1 atom stereocenters. The Morgan fingerprint density at radius 3 is 2.42 bits per heavy atom. The van der Waals surface area contributed by atoms with E-state index >= 15 is 0 Å². The van der Waals surface area contributed by atoms with Crippen molar-refractivity contribution in [3.05, 3.63) is 40.9 Å². The number of amides is 2. The first-order valence-corrected chi connectivity index (χ1v) is 8.94. The van der Waals surface area contributed by atoms with E-state index < -0.39 is 6.04 Å². The van der Waals surface area contributed by atoms with Crippen molar-refractivity contribution >= 4 is 23.2 Å². The molecule has 2 N–H and O–H groups in total. The van der Waals surface area contributed by atoms with Crippen molar-refractivity contribution in [1.82, 2.24) is 15.6 Å². The number of hydrogen-bond donors (Lipinski definition) is 2. The molecule has 2 rings (SSSR count). The van der Waals surface area contributed by atoms with Crippen LogP contribution in [0.1, 0.15) is 49.7 Å². The molecule has 0 bridgehead atoms. The fourth-order valence-electron chi connectivity index (χ4n) is 2.18. The Morgan fingerprint density at radius 1 is 1.17 bits per heavy atom. The van der Waals surface area contributed by atoms with Crippen LogP contribution in [0.15, 0.2) is 29.6 Å². The van der Waals surface area contributed by atoms with Crippen LogP contribution in [0, 0.1) is 0 Å². The number of thiazole rings is 1. The molecule has 0 aliphatic rings. The normalized spacial score (nSPS) is 12.0. The molecule has 5 nitrogen and oxygen atoms in total. The molecule has 6 heteroatoms. The number of nitrogens with one attached hydrogen (secondary N) is 2. The molecule has 0 aliphatic heterocycles. The van der Waals surface area contributed by atoms with E-state index in [4.69, 9.17) is 0 Å². The summed E-state index contributed by atoms with van der Waals surface area (Å²) in [4.78, 5) is 28.3. The smallest absolute Gasteiger partial charge is 0.271 e. The Kier molecular flexibility index (Phi) is 6.09. The lowest BCUT2D eigenvalue weighted by atomic mass is 10.0. The van der Waals surface area contributed by atoms with Crippen LogP contribution in [0.25, 0.3) is 10.6 Å². The van der Waals surface area contributed by atoms with Gasteiger partial charge in [-0.1, -0.05) is 38.1 Å².